The van der Waals surface area contributed by atoms with Crippen molar-refractivity contribution >= 4 is 11.9 Å². The number of nitrogens with one attached hydrogen (secondary N) is 1. The van der Waals surface area contributed by atoms with Crippen molar-refractivity contribution in [1.29, 1.82) is 0 Å². The van der Waals surface area contributed by atoms with Crippen LogP contribution in [0.3, 0.4) is 0 Å². The minimum absolute atomic E-state index is 0.524. The van der Waals surface area contributed by atoms with E-state index in [1.165, 1.54) is 0 Å². The summed E-state index contributed by atoms with van der Waals surface area (Å²) < 4.78 is 0. The van der Waals surface area contributed by atoms with E-state index in [9.17, 15) is 0 Å². The molecule has 0 amide bonds. The van der Waals surface area contributed by atoms with E-state index < -0.39 is 0 Å². The van der Waals surface area contributed by atoms with Crippen molar-refractivity contribution in [2.24, 2.45) is 0 Å². The predicted molar refractivity (Wildman–Crippen MR) is 72.3 cm³/mol. The highest BCUT2D eigenvalue weighted by Gasteiger charge is 2.06. The van der Waals surface area contributed by atoms with E-state index in [0.29, 0.717) is 5.82 Å². The molecule has 0 atom stereocenters. The maximum atomic E-state index is 5.88. The van der Waals surface area contributed by atoms with Gasteiger partial charge in [0.1, 0.15) is 11.6 Å². The van der Waals surface area contributed by atoms with Gasteiger partial charge in [-0.25, -0.2) is 4.98 Å². The van der Waals surface area contributed by atoms with Gasteiger partial charge >= 0.3 is 0 Å². The van der Waals surface area contributed by atoms with Gasteiger partial charge in [-0.2, -0.15) is 0 Å². The molecule has 0 saturated heterocycles. The molecule has 0 aliphatic rings. The topological polar surface area (TPSA) is 54.7 Å². The number of nitrogen functional groups attached to an aromatic ring is 1. The van der Waals surface area contributed by atoms with Gasteiger partial charge in [0, 0.05) is 5.56 Å². The lowest BCUT2D eigenvalue weighted by molar-refractivity contribution is 1.27. The first-order valence-corrected chi connectivity index (χ1v) is 5.51. The predicted octanol–water partition coefficient (Wildman–Crippen LogP) is 3.25. The number of H-pyrrole nitrogens is 1. The largest absolute Gasteiger partial charge is 0.382 e. The molecule has 3 nitrogen and oxygen atoms in total. The Kier molecular flexibility index (Phi) is 3.40. The molecule has 0 bridgehead atoms. The molecule has 2 rings (SSSR count). The molecule has 0 fully saturated rings. The van der Waals surface area contributed by atoms with Gasteiger partial charge in [-0.15, -0.1) is 0 Å². The van der Waals surface area contributed by atoms with Gasteiger partial charge < -0.3 is 10.7 Å². The third-order valence-corrected chi connectivity index (χ3v) is 2.37. The summed E-state index contributed by atoms with van der Waals surface area (Å²) in [5.74, 6) is 1.29. The van der Waals surface area contributed by atoms with Crippen LogP contribution in [0.1, 0.15) is 12.7 Å². The minimum Gasteiger partial charge on any atom is -0.382 e. The van der Waals surface area contributed by atoms with Crippen LogP contribution >= 0.6 is 0 Å². The van der Waals surface area contributed by atoms with Gasteiger partial charge in [-0.1, -0.05) is 48.6 Å². The van der Waals surface area contributed by atoms with Crippen molar-refractivity contribution in [1.82, 2.24) is 9.97 Å². The zero-order valence-corrected chi connectivity index (χ0v) is 9.72. The summed E-state index contributed by atoms with van der Waals surface area (Å²) in [4.78, 5) is 7.46. The molecule has 0 unspecified atom stereocenters. The van der Waals surface area contributed by atoms with Gasteiger partial charge in [-0.3, -0.25) is 0 Å². The van der Waals surface area contributed by atoms with Crippen LogP contribution in [0.5, 0.6) is 0 Å². The van der Waals surface area contributed by atoms with Crippen LogP contribution in [0, 0.1) is 0 Å². The zero-order chi connectivity index (χ0) is 12.1. The number of anilines is 1. The second-order valence-electron chi connectivity index (χ2n) is 3.63. The van der Waals surface area contributed by atoms with Gasteiger partial charge in [0.25, 0.3) is 0 Å². The Morgan fingerprint density at radius 2 is 1.94 bits per heavy atom. The molecular formula is C14H15N3. The van der Waals surface area contributed by atoms with Crippen molar-refractivity contribution in [3.8, 4) is 11.3 Å². The van der Waals surface area contributed by atoms with E-state index in [-0.39, 0.29) is 0 Å². The Morgan fingerprint density at radius 3 is 2.65 bits per heavy atom. The standard InChI is InChI=1S/C14H15N3/c1-2-3-5-10-12-16-13(14(15)17-12)11-8-6-4-7-9-11/h2-10H,15H2,1H3,(H,16,17)/b3-2-,10-5-. The van der Waals surface area contributed by atoms with Crippen LogP contribution < -0.4 is 5.73 Å². The maximum absolute atomic E-state index is 5.88. The molecular weight excluding hydrogens is 210 g/mol. The first kappa shape index (κ1) is 11.2. The number of hydrogen-bond acceptors (Lipinski definition) is 2. The quantitative estimate of drug-likeness (QED) is 0.788. The van der Waals surface area contributed by atoms with E-state index >= 15 is 0 Å². The fourth-order valence-electron chi connectivity index (χ4n) is 1.57. The van der Waals surface area contributed by atoms with Crippen LogP contribution in [0.4, 0.5) is 5.82 Å². The van der Waals surface area contributed by atoms with Crippen LogP contribution in [-0.4, -0.2) is 9.97 Å². The van der Waals surface area contributed by atoms with E-state index in [1.807, 2.05) is 61.6 Å². The second kappa shape index (κ2) is 5.16. The van der Waals surface area contributed by atoms with E-state index in [0.717, 1.165) is 17.1 Å². The van der Waals surface area contributed by atoms with Crippen LogP contribution in [-0.2, 0) is 0 Å². The number of aromatic nitrogens is 2. The fourth-order valence-corrected chi connectivity index (χ4v) is 1.57. The zero-order valence-electron chi connectivity index (χ0n) is 9.72. The summed E-state index contributed by atoms with van der Waals surface area (Å²) in [5.41, 5.74) is 7.79. The highest BCUT2D eigenvalue weighted by Crippen LogP contribution is 2.23. The number of nitrogens with zero attached hydrogens (tertiary/aromatic N) is 1. The molecule has 0 aliphatic heterocycles. The number of hydrogen-bond donors (Lipinski definition) is 2. The van der Waals surface area contributed by atoms with Gasteiger partial charge in [-0.05, 0) is 13.0 Å². The molecule has 3 N–H and O–H groups in total. The Morgan fingerprint density at radius 1 is 1.18 bits per heavy atom. The lowest BCUT2D eigenvalue weighted by atomic mass is 10.1. The van der Waals surface area contributed by atoms with Crippen molar-refractivity contribution in [3.63, 3.8) is 0 Å². The summed E-state index contributed by atoms with van der Waals surface area (Å²) >= 11 is 0. The molecule has 1 aromatic heterocycles. The van der Waals surface area contributed by atoms with Crippen molar-refractivity contribution in [2.45, 2.75) is 6.92 Å². The second-order valence-corrected chi connectivity index (χ2v) is 3.63. The van der Waals surface area contributed by atoms with Crippen LogP contribution in [0.15, 0.2) is 48.6 Å². The molecule has 1 heterocycles. The Bertz CT molecular complexity index is 536. The summed E-state index contributed by atoms with van der Waals surface area (Å²) in [6.07, 6.45) is 7.72. The molecule has 0 saturated carbocycles. The van der Waals surface area contributed by atoms with Crippen molar-refractivity contribution in [3.05, 3.63) is 54.4 Å². The Balaban J connectivity index is 2.31. The number of rotatable bonds is 3. The number of benzene rings is 1. The molecule has 1 aromatic carbocycles. The van der Waals surface area contributed by atoms with Crippen molar-refractivity contribution in [2.75, 3.05) is 5.73 Å². The third-order valence-electron chi connectivity index (χ3n) is 2.37. The first-order chi connectivity index (χ1) is 8.31. The number of nitrogens with two attached hydrogens (primary N) is 1. The molecule has 3 heteroatoms. The highest BCUT2D eigenvalue weighted by atomic mass is 15.0. The Labute approximate surface area is 101 Å². The highest BCUT2D eigenvalue weighted by molar-refractivity contribution is 5.71. The molecule has 86 valence electrons. The van der Waals surface area contributed by atoms with E-state index in [1.54, 1.807) is 0 Å². The van der Waals surface area contributed by atoms with E-state index in [2.05, 4.69) is 9.97 Å². The van der Waals surface area contributed by atoms with E-state index in [4.69, 9.17) is 5.73 Å². The SMILES string of the molecule is C/C=C\C=C/c1nc(N)c(-c2ccccc2)[nH]1. The van der Waals surface area contributed by atoms with Gasteiger partial charge in [0.05, 0.1) is 5.69 Å². The van der Waals surface area contributed by atoms with Crippen molar-refractivity contribution < 1.29 is 0 Å². The maximum Gasteiger partial charge on any atom is 0.150 e. The molecule has 17 heavy (non-hydrogen) atoms. The van der Waals surface area contributed by atoms with Crippen LogP contribution in [0.2, 0.25) is 0 Å². The fraction of sp³-hybridized carbons (Fsp3) is 0.0714. The third kappa shape index (κ3) is 2.64. The summed E-state index contributed by atoms with van der Waals surface area (Å²) in [7, 11) is 0. The summed E-state index contributed by atoms with van der Waals surface area (Å²) in [5, 5.41) is 0. The summed E-state index contributed by atoms with van der Waals surface area (Å²) in [6, 6.07) is 9.94. The number of aromatic amines is 1. The molecule has 0 aliphatic carbocycles. The minimum atomic E-state index is 0.524. The average Bonchev–Trinajstić information content (AvgIpc) is 2.72. The first-order valence-electron chi connectivity index (χ1n) is 5.51. The van der Waals surface area contributed by atoms with Gasteiger partial charge in [0.2, 0.25) is 0 Å². The normalized spacial score (nSPS) is 11.6. The number of imidazole rings is 1. The monoisotopic (exact) mass is 225 g/mol. The summed E-state index contributed by atoms with van der Waals surface area (Å²) in [6.45, 7) is 1.97. The van der Waals surface area contributed by atoms with Crippen LogP contribution in [0.25, 0.3) is 17.3 Å². The van der Waals surface area contributed by atoms with Gasteiger partial charge in [0.15, 0.2) is 0 Å². The molecule has 0 radical (unpaired) electrons. The average molecular weight is 225 g/mol. The number of allylic oxidation sites excluding steroid dienone is 3. The smallest absolute Gasteiger partial charge is 0.150 e. The molecule has 0 spiro atoms. The lowest BCUT2D eigenvalue weighted by Crippen LogP contribution is -1.87. The lowest BCUT2D eigenvalue weighted by Gasteiger charge is -1.96. The Hall–Kier alpha value is -2.29. The molecule has 2 aromatic rings.